The van der Waals surface area contributed by atoms with Crippen LogP contribution in [0.15, 0.2) is 46.2 Å². The fourth-order valence-corrected chi connectivity index (χ4v) is 3.74. The third-order valence-corrected chi connectivity index (χ3v) is 4.97. The van der Waals surface area contributed by atoms with E-state index < -0.39 is 0 Å². The van der Waals surface area contributed by atoms with E-state index in [0.717, 1.165) is 26.9 Å². The summed E-state index contributed by atoms with van der Waals surface area (Å²) in [5.74, 6) is 1.58. The number of hydrogen-bond acceptors (Lipinski definition) is 4. The quantitative estimate of drug-likeness (QED) is 0.570. The molecule has 0 radical (unpaired) electrons. The molecule has 1 aliphatic heterocycles. The molecule has 0 saturated carbocycles. The molecule has 0 bridgehead atoms. The maximum absolute atomic E-state index is 11.6. The summed E-state index contributed by atoms with van der Waals surface area (Å²) in [6.07, 6.45) is 0.376. The predicted molar refractivity (Wildman–Crippen MR) is 91.8 cm³/mol. The lowest BCUT2D eigenvalue weighted by Crippen LogP contribution is -2.08. The van der Waals surface area contributed by atoms with Crippen molar-refractivity contribution in [3.63, 3.8) is 0 Å². The SMILES string of the molecule is CCOC(=O)CC(C)c1ccc2c(c1)Sc1cc(Cl)ccc1O2. The van der Waals surface area contributed by atoms with Crippen molar-refractivity contribution in [2.75, 3.05) is 6.61 Å². The summed E-state index contributed by atoms with van der Waals surface area (Å²) in [6, 6.07) is 11.6. The first-order chi connectivity index (χ1) is 11.1. The number of benzene rings is 2. The van der Waals surface area contributed by atoms with Crippen molar-refractivity contribution < 1.29 is 14.3 Å². The van der Waals surface area contributed by atoms with E-state index in [2.05, 4.69) is 6.07 Å². The standard InChI is InChI=1S/C18H17ClO3S/c1-3-21-18(20)8-11(2)12-4-6-14-16(9-12)23-17-10-13(19)5-7-15(17)22-14/h4-7,9-11H,3,8H2,1-2H3. The van der Waals surface area contributed by atoms with E-state index >= 15 is 0 Å². The van der Waals surface area contributed by atoms with Crippen LogP contribution in [0.25, 0.3) is 0 Å². The van der Waals surface area contributed by atoms with Gasteiger partial charge < -0.3 is 9.47 Å². The van der Waals surface area contributed by atoms with Crippen LogP contribution in [-0.4, -0.2) is 12.6 Å². The van der Waals surface area contributed by atoms with E-state index in [1.54, 1.807) is 11.8 Å². The summed E-state index contributed by atoms with van der Waals surface area (Å²) < 4.78 is 10.9. The average molecular weight is 349 g/mol. The number of hydrogen-bond donors (Lipinski definition) is 0. The zero-order chi connectivity index (χ0) is 16.4. The number of fused-ring (bicyclic) bond motifs is 2. The van der Waals surface area contributed by atoms with E-state index in [4.69, 9.17) is 21.1 Å². The van der Waals surface area contributed by atoms with Gasteiger partial charge in [-0.2, -0.15) is 0 Å². The van der Waals surface area contributed by atoms with Crippen molar-refractivity contribution in [3.05, 3.63) is 47.0 Å². The molecule has 1 heterocycles. The first-order valence-electron chi connectivity index (χ1n) is 7.51. The number of carbonyl (C=O) groups excluding carboxylic acids is 1. The highest BCUT2D eigenvalue weighted by Crippen LogP contribution is 2.48. The van der Waals surface area contributed by atoms with Crippen molar-refractivity contribution >= 4 is 29.3 Å². The Morgan fingerprint density at radius 3 is 2.65 bits per heavy atom. The minimum atomic E-state index is -0.168. The minimum Gasteiger partial charge on any atom is -0.466 e. The van der Waals surface area contributed by atoms with Gasteiger partial charge in [0.05, 0.1) is 22.8 Å². The van der Waals surface area contributed by atoms with Crippen molar-refractivity contribution in [2.45, 2.75) is 36.0 Å². The van der Waals surface area contributed by atoms with E-state index in [1.807, 2.05) is 44.2 Å². The highest BCUT2D eigenvalue weighted by Gasteiger charge is 2.20. The molecule has 3 rings (SSSR count). The Morgan fingerprint density at radius 1 is 1.22 bits per heavy atom. The molecular formula is C18H17ClO3S. The molecule has 0 aromatic heterocycles. The Balaban J connectivity index is 1.81. The van der Waals surface area contributed by atoms with Gasteiger partial charge in [0, 0.05) is 5.02 Å². The molecule has 5 heteroatoms. The molecule has 1 atom stereocenters. The zero-order valence-corrected chi connectivity index (χ0v) is 14.5. The third-order valence-electron chi connectivity index (χ3n) is 3.66. The molecule has 2 aromatic carbocycles. The van der Waals surface area contributed by atoms with Crippen LogP contribution < -0.4 is 4.74 Å². The lowest BCUT2D eigenvalue weighted by molar-refractivity contribution is -0.143. The van der Waals surface area contributed by atoms with Crippen LogP contribution in [-0.2, 0) is 9.53 Å². The third kappa shape index (κ3) is 3.65. The van der Waals surface area contributed by atoms with E-state index in [1.165, 1.54) is 0 Å². The highest BCUT2D eigenvalue weighted by molar-refractivity contribution is 7.99. The van der Waals surface area contributed by atoms with Crippen molar-refractivity contribution in [1.29, 1.82) is 0 Å². The van der Waals surface area contributed by atoms with Crippen LogP contribution in [0.5, 0.6) is 11.5 Å². The molecular weight excluding hydrogens is 332 g/mol. The van der Waals surface area contributed by atoms with Gasteiger partial charge in [-0.15, -0.1) is 0 Å². The lowest BCUT2D eigenvalue weighted by Gasteiger charge is -2.21. The summed E-state index contributed by atoms with van der Waals surface area (Å²) in [5, 5.41) is 0.690. The Bertz CT molecular complexity index is 745. The number of ether oxygens (including phenoxy) is 2. The van der Waals surface area contributed by atoms with Gasteiger partial charge in [-0.05, 0) is 48.7 Å². The molecule has 0 saturated heterocycles. The Labute approximate surface area is 144 Å². The van der Waals surface area contributed by atoms with Crippen molar-refractivity contribution in [3.8, 4) is 11.5 Å². The number of rotatable bonds is 4. The maximum atomic E-state index is 11.6. The molecule has 2 aromatic rings. The van der Waals surface area contributed by atoms with E-state index in [9.17, 15) is 4.79 Å². The van der Waals surface area contributed by atoms with E-state index in [-0.39, 0.29) is 11.9 Å². The molecule has 1 aliphatic rings. The van der Waals surface area contributed by atoms with Gasteiger partial charge in [-0.3, -0.25) is 4.79 Å². The second-order valence-corrected chi connectivity index (χ2v) is 6.93. The van der Waals surface area contributed by atoms with Crippen LogP contribution in [0.4, 0.5) is 0 Å². The Hall–Kier alpha value is -1.65. The van der Waals surface area contributed by atoms with Crippen LogP contribution >= 0.6 is 23.4 Å². The Morgan fingerprint density at radius 2 is 1.91 bits per heavy atom. The van der Waals surface area contributed by atoms with Crippen LogP contribution in [0.2, 0.25) is 5.02 Å². The van der Waals surface area contributed by atoms with Crippen LogP contribution in [0.3, 0.4) is 0 Å². The second kappa shape index (κ2) is 6.85. The first kappa shape index (κ1) is 16.2. The van der Waals surface area contributed by atoms with Crippen molar-refractivity contribution in [2.24, 2.45) is 0 Å². The molecule has 0 fully saturated rings. The normalized spacial score (nSPS) is 13.5. The van der Waals surface area contributed by atoms with Crippen LogP contribution in [0.1, 0.15) is 31.7 Å². The zero-order valence-electron chi connectivity index (χ0n) is 13.0. The predicted octanol–water partition coefficient (Wildman–Crippen LogP) is 5.65. The minimum absolute atomic E-state index is 0.0979. The van der Waals surface area contributed by atoms with Gasteiger partial charge in [0.1, 0.15) is 11.5 Å². The van der Waals surface area contributed by atoms with Gasteiger partial charge in [-0.1, -0.05) is 36.4 Å². The van der Waals surface area contributed by atoms with E-state index in [0.29, 0.717) is 18.1 Å². The monoisotopic (exact) mass is 348 g/mol. The van der Waals surface area contributed by atoms with Gasteiger partial charge in [0.15, 0.2) is 0 Å². The fourth-order valence-electron chi connectivity index (χ4n) is 2.47. The smallest absolute Gasteiger partial charge is 0.306 e. The molecule has 0 N–H and O–H groups in total. The van der Waals surface area contributed by atoms with Gasteiger partial charge in [0.2, 0.25) is 0 Å². The molecule has 0 aliphatic carbocycles. The fraction of sp³-hybridized carbons (Fsp3) is 0.278. The summed E-state index contributed by atoms with van der Waals surface area (Å²) in [5.41, 5.74) is 1.10. The Kier molecular flexibility index (Phi) is 4.83. The average Bonchev–Trinajstić information content (AvgIpc) is 2.52. The summed E-state index contributed by atoms with van der Waals surface area (Å²) in [7, 11) is 0. The first-order valence-corrected chi connectivity index (χ1v) is 8.71. The number of carbonyl (C=O) groups is 1. The summed E-state index contributed by atoms with van der Waals surface area (Å²) in [6.45, 7) is 4.26. The lowest BCUT2D eigenvalue weighted by atomic mass is 9.98. The topological polar surface area (TPSA) is 35.5 Å². The van der Waals surface area contributed by atoms with Gasteiger partial charge >= 0.3 is 5.97 Å². The molecule has 1 unspecified atom stereocenters. The largest absolute Gasteiger partial charge is 0.466 e. The summed E-state index contributed by atoms with van der Waals surface area (Å²) >= 11 is 7.68. The molecule has 0 amide bonds. The maximum Gasteiger partial charge on any atom is 0.306 e. The highest BCUT2D eigenvalue weighted by atomic mass is 35.5. The van der Waals surface area contributed by atoms with Gasteiger partial charge in [-0.25, -0.2) is 0 Å². The number of esters is 1. The van der Waals surface area contributed by atoms with Gasteiger partial charge in [0.25, 0.3) is 0 Å². The molecule has 120 valence electrons. The number of halogens is 1. The van der Waals surface area contributed by atoms with Crippen LogP contribution in [0, 0.1) is 0 Å². The second-order valence-electron chi connectivity index (χ2n) is 5.41. The molecule has 23 heavy (non-hydrogen) atoms. The molecule has 0 spiro atoms. The molecule has 3 nitrogen and oxygen atoms in total. The summed E-state index contributed by atoms with van der Waals surface area (Å²) in [4.78, 5) is 13.7. The van der Waals surface area contributed by atoms with Crippen molar-refractivity contribution in [1.82, 2.24) is 0 Å².